The molecule has 1 aromatic rings. The number of carboxylic acids is 1. The van der Waals surface area contributed by atoms with Gasteiger partial charge in [-0.3, -0.25) is 9.59 Å². The van der Waals surface area contributed by atoms with Gasteiger partial charge < -0.3 is 10.4 Å². The first-order valence-electron chi connectivity index (χ1n) is 6.94. The molecule has 0 bridgehead atoms. The number of thiophene rings is 1. The zero-order valence-corrected chi connectivity index (χ0v) is 15.6. The minimum absolute atomic E-state index is 0.0396. The summed E-state index contributed by atoms with van der Waals surface area (Å²) >= 11 is 3.74. The number of carboxylic acid groups (broad SMARTS) is 1. The van der Waals surface area contributed by atoms with E-state index in [1.165, 1.54) is 0 Å². The van der Waals surface area contributed by atoms with E-state index in [0.29, 0.717) is 18.5 Å². The molecule has 1 rings (SSSR count). The minimum atomic E-state index is -0.763. The standard InChI is InChI=1S/C15H22INO3S/c1-15(2,3)11(4-5-13(18)19)6-7-17-14(20)10-8-12(16)21-9-10/h8-9,11H,4-7H2,1-3H3,(H,17,20)(H,18,19). The highest BCUT2D eigenvalue weighted by Gasteiger charge is 2.25. The van der Waals surface area contributed by atoms with Crippen LogP contribution in [0, 0.1) is 14.2 Å². The normalized spacial score (nSPS) is 13.0. The molecule has 1 amide bonds. The van der Waals surface area contributed by atoms with E-state index in [4.69, 9.17) is 5.11 Å². The van der Waals surface area contributed by atoms with Gasteiger partial charge in [-0.05, 0) is 52.8 Å². The minimum Gasteiger partial charge on any atom is -0.481 e. The van der Waals surface area contributed by atoms with Gasteiger partial charge >= 0.3 is 5.97 Å². The Hall–Kier alpha value is -0.630. The van der Waals surface area contributed by atoms with E-state index in [0.717, 1.165) is 9.30 Å². The third-order valence-corrected chi connectivity index (χ3v) is 5.33. The highest BCUT2D eigenvalue weighted by molar-refractivity contribution is 14.1. The smallest absolute Gasteiger partial charge is 0.303 e. The first-order valence-corrected chi connectivity index (χ1v) is 8.90. The Labute approximate surface area is 143 Å². The molecule has 0 saturated carbocycles. The average molecular weight is 423 g/mol. The molecule has 0 fully saturated rings. The quantitative estimate of drug-likeness (QED) is 0.652. The van der Waals surface area contributed by atoms with E-state index in [1.54, 1.807) is 11.3 Å². The van der Waals surface area contributed by atoms with Gasteiger partial charge in [0, 0.05) is 18.3 Å². The fraction of sp³-hybridized carbons (Fsp3) is 0.600. The second-order valence-corrected chi connectivity index (χ2v) is 8.98. The molecule has 1 atom stereocenters. The highest BCUT2D eigenvalue weighted by atomic mass is 127. The Bertz CT molecular complexity index is 493. The maximum absolute atomic E-state index is 12.0. The van der Waals surface area contributed by atoms with E-state index in [2.05, 4.69) is 48.7 Å². The lowest BCUT2D eigenvalue weighted by atomic mass is 9.76. The first kappa shape index (κ1) is 18.4. The van der Waals surface area contributed by atoms with Crippen LogP contribution in [0.4, 0.5) is 0 Å². The highest BCUT2D eigenvalue weighted by Crippen LogP contribution is 2.32. The van der Waals surface area contributed by atoms with E-state index in [1.807, 2.05) is 11.4 Å². The molecule has 6 heteroatoms. The molecular weight excluding hydrogens is 401 g/mol. The summed E-state index contributed by atoms with van der Waals surface area (Å²) in [6.07, 6.45) is 1.62. The Morgan fingerprint density at radius 3 is 2.52 bits per heavy atom. The van der Waals surface area contributed by atoms with Crippen molar-refractivity contribution in [2.45, 2.75) is 40.0 Å². The number of amides is 1. The van der Waals surface area contributed by atoms with Crippen LogP contribution in [0.25, 0.3) is 0 Å². The largest absolute Gasteiger partial charge is 0.481 e. The van der Waals surface area contributed by atoms with Gasteiger partial charge in [0.25, 0.3) is 5.91 Å². The summed E-state index contributed by atoms with van der Waals surface area (Å²) in [6, 6.07) is 1.87. The Balaban J connectivity index is 2.46. The monoisotopic (exact) mass is 423 g/mol. The zero-order valence-electron chi connectivity index (χ0n) is 12.6. The fourth-order valence-corrected chi connectivity index (χ4v) is 3.53. The van der Waals surface area contributed by atoms with Crippen LogP contribution in [0.1, 0.15) is 50.4 Å². The Morgan fingerprint density at radius 2 is 2.05 bits per heavy atom. The molecule has 0 radical (unpaired) electrons. The van der Waals surface area contributed by atoms with Crippen LogP contribution in [0.5, 0.6) is 0 Å². The van der Waals surface area contributed by atoms with Gasteiger partial charge in [0.15, 0.2) is 0 Å². The third kappa shape index (κ3) is 6.78. The number of nitrogens with one attached hydrogen (secondary N) is 1. The summed E-state index contributed by atoms with van der Waals surface area (Å²) in [5, 5.41) is 13.6. The summed E-state index contributed by atoms with van der Waals surface area (Å²) in [5.41, 5.74) is 0.736. The summed E-state index contributed by atoms with van der Waals surface area (Å²) in [7, 11) is 0. The number of aliphatic carboxylic acids is 1. The van der Waals surface area contributed by atoms with Crippen LogP contribution >= 0.6 is 33.9 Å². The molecule has 118 valence electrons. The molecule has 0 aliphatic carbocycles. The molecule has 1 unspecified atom stereocenters. The zero-order chi connectivity index (χ0) is 16.0. The van der Waals surface area contributed by atoms with Gasteiger partial charge in [0.1, 0.15) is 0 Å². The van der Waals surface area contributed by atoms with Crippen molar-refractivity contribution in [2.24, 2.45) is 11.3 Å². The number of rotatable bonds is 7. The van der Waals surface area contributed by atoms with Crippen molar-refractivity contribution in [3.8, 4) is 0 Å². The molecule has 0 aromatic carbocycles. The van der Waals surface area contributed by atoms with Gasteiger partial charge in [-0.25, -0.2) is 0 Å². The average Bonchev–Trinajstić information content (AvgIpc) is 2.78. The van der Waals surface area contributed by atoms with Crippen LogP contribution in [0.15, 0.2) is 11.4 Å². The predicted octanol–water partition coefficient (Wildman–Crippen LogP) is 4.00. The SMILES string of the molecule is CC(C)(C)C(CCNC(=O)c1csc(I)c1)CCC(=O)O. The summed E-state index contributed by atoms with van der Waals surface area (Å²) in [6.45, 7) is 6.92. The van der Waals surface area contributed by atoms with Crippen molar-refractivity contribution < 1.29 is 14.7 Å². The molecule has 1 aromatic heterocycles. The molecule has 21 heavy (non-hydrogen) atoms. The molecule has 4 nitrogen and oxygen atoms in total. The van der Waals surface area contributed by atoms with Gasteiger partial charge in [-0.2, -0.15) is 0 Å². The van der Waals surface area contributed by atoms with E-state index < -0.39 is 5.97 Å². The number of carbonyl (C=O) groups excluding carboxylic acids is 1. The summed E-state index contributed by atoms with van der Waals surface area (Å²) in [5.74, 6) is -0.544. The number of carbonyl (C=O) groups is 2. The maximum Gasteiger partial charge on any atom is 0.303 e. The summed E-state index contributed by atoms with van der Waals surface area (Å²) < 4.78 is 1.09. The molecule has 0 aliphatic heterocycles. The van der Waals surface area contributed by atoms with Crippen LogP contribution in [-0.2, 0) is 4.79 Å². The van der Waals surface area contributed by atoms with Crippen LogP contribution in [0.2, 0.25) is 0 Å². The Kier molecular flexibility index (Phi) is 7.12. The van der Waals surface area contributed by atoms with Crippen LogP contribution in [-0.4, -0.2) is 23.5 Å². The maximum atomic E-state index is 12.0. The van der Waals surface area contributed by atoms with Crippen LogP contribution < -0.4 is 5.32 Å². The van der Waals surface area contributed by atoms with Gasteiger partial charge in [-0.1, -0.05) is 20.8 Å². The number of hydrogen-bond donors (Lipinski definition) is 2. The molecule has 1 heterocycles. The van der Waals surface area contributed by atoms with Crippen molar-refractivity contribution in [3.63, 3.8) is 0 Å². The number of hydrogen-bond acceptors (Lipinski definition) is 3. The van der Waals surface area contributed by atoms with Crippen molar-refractivity contribution in [1.29, 1.82) is 0 Å². The summed E-state index contributed by atoms with van der Waals surface area (Å²) in [4.78, 5) is 22.7. The van der Waals surface area contributed by atoms with E-state index in [9.17, 15) is 9.59 Å². The topological polar surface area (TPSA) is 66.4 Å². The third-order valence-electron chi connectivity index (χ3n) is 3.54. The first-order chi connectivity index (χ1) is 9.70. The van der Waals surface area contributed by atoms with Crippen molar-refractivity contribution >= 4 is 45.8 Å². The molecule has 0 saturated heterocycles. The van der Waals surface area contributed by atoms with E-state index >= 15 is 0 Å². The second kappa shape index (κ2) is 8.12. The van der Waals surface area contributed by atoms with Crippen molar-refractivity contribution in [1.82, 2.24) is 5.32 Å². The fourth-order valence-electron chi connectivity index (χ4n) is 2.20. The Morgan fingerprint density at radius 1 is 1.38 bits per heavy atom. The molecular formula is C15H22INO3S. The van der Waals surface area contributed by atoms with E-state index in [-0.39, 0.29) is 23.7 Å². The van der Waals surface area contributed by atoms with Crippen molar-refractivity contribution in [3.05, 3.63) is 19.9 Å². The second-order valence-electron chi connectivity index (χ2n) is 6.18. The van der Waals surface area contributed by atoms with Gasteiger partial charge in [0.2, 0.25) is 0 Å². The predicted molar refractivity (Wildman–Crippen MR) is 93.8 cm³/mol. The van der Waals surface area contributed by atoms with Gasteiger partial charge in [-0.15, -0.1) is 11.3 Å². The molecule has 0 aliphatic rings. The lowest BCUT2D eigenvalue weighted by molar-refractivity contribution is -0.137. The molecule has 2 N–H and O–H groups in total. The van der Waals surface area contributed by atoms with Crippen molar-refractivity contribution in [2.75, 3.05) is 6.54 Å². The lowest BCUT2D eigenvalue weighted by Crippen LogP contribution is -2.29. The number of halogens is 1. The van der Waals surface area contributed by atoms with Crippen LogP contribution in [0.3, 0.4) is 0 Å². The lowest BCUT2D eigenvalue weighted by Gasteiger charge is -2.30. The molecule has 0 spiro atoms. The van der Waals surface area contributed by atoms with Gasteiger partial charge in [0.05, 0.1) is 8.45 Å².